The van der Waals surface area contributed by atoms with Crippen molar-refractivity contribution in [1.29, 1.82) is 0 Å². The number of nitrogens with zero attached hydrogens (tertiary/aromatic N) is 2. The second-order valence-corrected chi connectivity index (χ2v) is 8.81. The van der Waals surface area contributed by atoms with Gasteiger partial charge >= 0.3 is 11.8 Å². The minimum absolute atomic E-state index is 0.0470. The van der Waals surface area contributed by atoms with Gasteiger partial charge in [-0.05, 0) is 42.2 Å². The number of fused-ring (bicyclic) bond motifs is 1. The monoisotopic (exact) mass is 482 g/mol. The average molecular weight is 483 g/mol. The molecule has 1 fully saturated rings. The number of methoxy groups -OCH3 is 2. The number of benzene rings is 2. The standard InChI is InChI=1S/C26H34N4O5/c1-29-10-4-5-18-15-19(6-8-21(18)29)22(30-11-13-35-14-12-30)17-27-25(31)26(32)28-20-7-9-23(33-2)24(16-20)34-3/h6-9,15-16,22H,4-5,10-14,17H2,1-3H3,(H,27,31)(H,28,32)/t22-/m0/s1. The molecule has 2 aliphatic heterocycles. The Morgan fingerprint density at radius 3 is 2.51 bits per heavy atom. The van der Waals surface area contributed by atoms with Crippen LogP contribution in [-0.4, -0.2) is 77.4 Å². The van der Waals surface area contributed by atoms with Gasteiger partial charge in [-0.1, -0.05) is 12.1 Å². The molecule has 1 saturated heterocycles. The molecule has 2 heterocycles. The van der Waals surface area contributed by atoms with Crippen molar-refractivity contribution in [1.82, 2.24) is 10.2 Å². The molecule has 2 aromatic rings. The lowest BCUT2D eigenvalue weighted by Crippen LogP contribution is -2.45. The number of nitrogens with one attached hydrogen (secondary N) is 2. The van der Waals surface area contributed by atoms with Gasteiger partial charge in [0, 0.05) is 50.7 Å². The third-order valence-corrected chi connectivity index (χ3v) is 6.63. The van der Waals surface area contributed by atoms with Crippen molar-refractivity contribution >= 4 is 23.2 Å². The zero-order chi connectivity index (χ0) is 24.8. The molecule has 2 amide bonds. The van der Waals surface area contributed by atoms with E-state index in [9.17, 15) is 9.59 Å². The van der Waals surface area contributed by atoms with Gasteiger partial charge < -0.3 is 29.7 Å². The van der Waals surface area contributed by atoms with Crippen LogP contribution in [0.1, 0.15) is 23.6 Å². The Kier molecular flexibility index (Phi) is 8.09. The molecule has 9 nitrogen and oxygen atoms in total. The molecule has 0 aliphatic carbocycles. The van der Waals surface area contributed by atoms with Crippen LogP contribution in [0.5, 0.6) is 11.5 Å². The first-order chi connectivity index (χ1) is 17.0. The fraction of sp³-hybridized carbons (Fsp3) is 0.462. The van der Waals surface area contributed by atoms with Crippen molar-refractivity contribution in [2.75, 3.05) is 70.9 Å². The summed E-state index contributed by atoms with van der Waals surface area (Å²) in [4.78, 5) is 29.9. The molecular weight excluding hydrogens is 448 g/mol. The fourth-order valence-corrected chi connectivity index (χ4v) is 4.73. The fourth-order valence-electron chi connectivity index (χ4n) is 4.73. The van der Waals surface area contributed by atoms with Crippen LogP contribution in [-0.2, 0) is 20.7 Å². The molecule has 0 saturated carbocycles. The molecule has 9 heteroatoms. The Morgan fingerprint density at radius 2 is 1.77 bits per heavy atom. The molecular formula is C26H34N4O5. The number of morpholine rings is 1. The van der Waals surface area contributed by atoms with E-state index in [1.165, 1.54) is 25.5 Å². The topological polar surface area (TPSA) is 92.4 Å². The summed E-state index contributed by atoms with van der Waals surface area (Å²) in [7, 11) is 5.17. The molecule has 4 rings (SSSR count). The maximum atomic E-state index is 12.7. The van der Waals surface area contributed by atoms with Gasteiger partial charge in [0.1, 0.15) is 0 Å². The first-order valence-corrected chi connectivity index (χ1v) is 12.0. The van der Waals surface area contributed by atoms with Gasteiger partial charge in [-0.2, -0.15) is 0 Å². The largest absolute Gasteiger partial charge is 0.493 e. The van der Waals surface area contributed by atoms with Gasteiger partial charge in [0.15, 0.2) is 11.5 Å². The van der Waals surface area contributed by atoms with Crippen LogP contribution in [0, 0.1) is 0 Å². The van der Waals surface area contributed by atoms with E-state index in [0.29, 0.717) is 36.9 Å². The van der Waals surface area contributed by atoms with E-state index in [1.807, 2.05) is 0 Å². The van der Waals surface area contributed by atoms with E-state index < -0.39 is 11.8 Å². The Labute approximate surface area is 206 Å². The quantitative estimate of drug-likeness (QED) is 0.585. The number of carbonyl (C=O) groups excluding carboxylic acids is 2. The molecule has 2 aromatic carbocycles. The van der Waals surface area contributed by atoms with Crippen molar-refractivity contribution in [3.05, 3.63) is 47.5 Å². The zero-order valence-electron chi connectivity index (χ0n) is 20.6. The number of rotatable bonds is 7. The van der Waals surface area contributed by atoms with Crippen LogP contribution in [0.15, 0.2) is 36.4 Å². The van der Waals surface area contributed by atoms with Crippen molar-refractivity contribution in [3.8, 4) is 11.5 Å². The van der Waals surface area contributed by atoms with E-state index >= 15 is 0 Å². The Hall–Kier alpha value is -3.30. The first-order valence-electron chi connectivity index (χ1n) is 12.0. The Morgan fingerprint density at radius 1 is 1.00 bits per heavy atom. The second kappa shape index (κ2) is 11.4. The molecule has 1 atom stereocenters. The maximum absolute atomic E-state index is 12.7. The van der Waals surface area contributed by atoms with Crippen molar-refractivity contribution in [2.24, 2.45) is 0 Å². The number of aryl methyl sites for hydroxylation is 1. The molecule has 2 aliphatic rings. The number of hydrogen-bond donors (Lipinski definition) is 2. The van der Waals surface area contributed by atoms with Gasteiger partial charge in [-0.3, -0.25) is 14.5 Å². The zero-order valence-corrected chi connectivity index (χ0v) is 20.6. The highest BCUT2D eigenvalue weighted by molar-refractivity contribution is 6.39. The summed E-state index contributed by atoms with van der Waals surface area (Å²) in [5, 5.41) is 5.47. The number of anilines is 2. The molecule has 0 aromatic heterocycles. The summed E-state index contributed by atoms with van der Waals surface area (Å²) in [6.07, 6.45) is 2.17. The van der Waals surface area contributed by atoms with E-state index in [-0.39, 0.29) is 6.04 Å². The lowest BCUT2D eigenvalue weighted by molar-refractivity contribution is -0.136. The van der Waals surface area contributed by atoms with Crippen molar-refractivity contribution < 1.29 is 23.8 Å². The molecule has 0 spiro atoms. The molecule has 35 heavy (non-hydrogen) atoms. The van der Waals surface area contributed by atoms with Gasteiger partial charge in [-0.25, -0.2) is 0 Å². The van der Waals surface area contributed by atoms with E-state index in [2.05, 4.69) is 45.7 Å². The highest BCUT2D eigenvalue weighted by atomic mass is 16.5. The Balaban J connectivity index is 1.45. The third-order valence-electron chi connectivity index (χ3n) is 6.63. The van der Waals surface area contributed by atoms with Crippen molar-refractivity contribution in [2.45, 2.75) is 18.9 Å². The van der Waals surface area contributed by atoms with E-state index in [0.717, 1.165) is 38.0 Å². The van der Waals surface area contributed by atoms with Crippen molar-refractivity contribution in [3.63, 3.8) is 0 Å². The molecule has 0 unspecified atom stereocenters. The lowest BCUT2D eigenvalue weighted by atomic mass is 9.95. The van der Waals surface area contributed by atoms with Crippen LogP contribution in [0.4, 0.5) is 11.4 Å². The smallest absolute Gasteiger partial charge is 0.313 e. The van der Waals surface area contributed by atoms with Crippen LogP contribution in [0.25, 0.3) is 0 Å². The minimum Gasteiger partial charge on any atom is -0.493 e. The average Bonchev–Trinajstić information content (AvgIpc) is 2.89. The summed E-state index contributed by atoms with van der Waals surface area (Å²) in [6, 6.07) is 11.5. The predicted octanol–water partition coefficient (Wildman–Crippen LogP) is 2.21. The molecule has 0 bridgehead atoms. The van der Waals surface area contributed by atoms with E-state index in [1.54, 1.807) is 18.2 Å². The van der Waals surface area contributed by atoms with Gasteiger partial charge in [-0.15, -0.1) is 0 Å². The summed E-state index contributed by atoms with van der Waals surface area (Å²) in [6.45, 7) is 4.23. The number of carbonyl (C=O) groups is 2. The highest BCUT2D eigenvalue weighted by Gasteiger charge is 2.26. The van der Waals surface area contributed by atoms with Crippen LogP contribution in [0.3, 0.4) is 0 Å². The molecule has 188 valence electrons. The number of hydrogen-bond acceptors (Lipinski definition) is 7. The number of amides is 2. The minimum atomic E-state index is -0.731. The van der Waals surface area contributed by atoms with Crippen LogP contribution in [0.2, 0.25) is 0 Å². The summed E-state index contributed by atoms with van der Waals surface area (Å²) >= 11 is 0. The highest BCUT2D eigenvalue weighted by Crippen LogP contribution is 2.31. The Bertz CT molecular complexity index is 1050. The molecule has 0 radical (unpaired) electrons. The predicted molar refractivity (Wildman–Crippen MR) is 134 cm³/mol. The van der Waals surface area contributed by atoms with Gasteiger partial charge in [0.25, 0.3) is 0 Å². The summed E-state index contributed by atoms with van der Waals surface area (Å²) in [5.74, 6) is -0.406. The normalized spacial score (nSPS) is 16.7. The summed E-state index contributed by atoms with van der Waals surface area (Å²) < 4.78 is 16.0. The lowest BCUT2D eigenvalue weighted by Gasteiger charge is -2.36. The maximum Gasteiger partial charge on any atom is 0.313 e. The second-order valence-electron chi connectivity index (χ2n) is 8.81. The number of ether oxygens (including phenoxy) is 3. The van der Waals surface area contributed by atoms with Gasteiger partial charge in [0.05, 0.1) is 33.5 Å². The third kappa shape index (κ3) is 5.86. The first kappa shape index (κ1) is 24.8. The van der Waals surface area contributed by atoms with Crippen LogP contribution >= 0.6 is 0 Å². The summed E-state index contributed by atoms with van der Waals surface area (Å²) in [5.41, 5.74) is 4.18. The van der Waals surface area contributed by atoms with E-state index in [4.69, 9.17) is 14.2 Å². The van der Waals surface area contributed by atoms with Gasteiger partial charge in [0.2, 0.25) is 0 Å². The SMILES string of the molecule is COc1ccc(NC(=O)C(=O)NC[C@@H](c2ccc3c(c2)CCCN3C)N2CCOCC2)cc1OC. The van der Waals surface area contributed by atoms with Crippen LogP contribution < -0.4 is 25.0 Å². The molecule has 2 N–H and O–H groups in total.